The van der Waals surface area contributed by atoms with Gasteiger partial charge >= 0.3 is 12.1 Å². The lowest BCUT2D eigenvalue weighted by atomic mass is 9.97. The van der Waals surface area contributed by atoms with Crippen molar-refractivity contribution < 1.29 is 19.1 Å². The van der Waals surface area contributed by atoms with Crippen LogP contribution in [0, 0.1) is 5.92 Å². The van der Waals surface area contributed by atoms with Crippen LogP contribution in [-0.4, -0.2) is 30.3 Å². The summed E-state index contributed by atoms with van der Waals surface area (Å²) in [6.07, 6.45) is 1.71. The second kappa shape index (κ2) is 6.08. The van der Waals surface area contributed by atoms with Crippen molar-refractivity contribution in [2.45, 2.75) is 52.7 Å². The van der Waals surface area contributed by atoms with Gasteiger partial charge in [0.25, 0.3) is 0 Å². The van der Waals surface area contributed by atoms with Crippen LogP contribution in [0.3, 0.4) is 0 Å². The molecule has 0 spiro atoms. The molecular weight excluding hydrogens is 246 g/mol. The van der Waals surface area contributed by atoms with E-state index >= 15 is 0 Å². The van der Waals surface area contributed by atoms with E-state index in [9.17, 15) is 9.59 Å². The van der Waals surface area contributed by atoms with Gasteiger partial charge in [0.1, 0.15) is 12.2 Å². The summed E-state index contributed by atoms with van der Waals surface area (Å²) >= 11 is 0. The predicted molar refractivity (Wildman–Crippen MR) is 71.7 cm³/mol. The standard InChI is InChI=1S/C14H23NO4/c1-9(2)6-11(10-7-12(16)18-8-10)15-13(17)19-14(3,4)5/h7,9,11H,6,8H2,1-5H3,(H,15,17)/t11-/m0/s1. The number of amides is 1. The maximum atomic E-state index is 11.8. The third-order valence-electron chi connectivity index (χ3n) is 2.53. The van der Waals surface area contributed by atoms with Crippen molar-refractivity contribution >= 4 is 12.1 Å². The Morgan fingerprint density at radius 3 is 2.53 bits per heavy atom. The highest BCUT2D eigenvalue weighted by atomic mass is 16.6. The zero-order valence-corrected chi connectivity index (χ0v) is 12.3. The number of carbonyl (C=O) groups excluding carboxylic acids is 2. The molecule has 0 fully saturated rings. The van der Waals surface area contributed by atoms with Crippen LogP contribution in [0.4, 0.5) is 4.79 Å². The van der Waals surface area contributed by atoms with Crippen LogP contribution >= 0.6 is 0 Å². The molecule has 0 radical (unpaired) electrons. The van der Waals surface area contributed by atoms with Crippen molar-refractivity contribution in [3.05, 3.63) is 11.6 Å². The minimum Gasteiger partial charge on any atom is -0.458 e. The average molecular weight is 269 g/mol. The highest BCUT2D eigenvalue weighted by Gasteiger charge is 2.26. The summed E-state index contributed by atoms with van der Waals surface area (Å²) in [5.74, 6) is 0.0336. The fourth-order valence-corrected chi connectivity index (χ4v) is 1.81. The molecule has 1 atom stereocenters. The normalized spacial score (nSPS) is 16.9. The Kier molecular flexibility index (Phi) is 4.97. The predicted octanol–water partition coefficient (Wildman–Crippen LogP) is 2.41. The van der Waals surface area contributed by atoms with Crippen molar-refractivity contribution in [3.63, 3.8) is 0 Å². The van der Waals surface area contributed by atoms with Gasteiger partial charge in [-0.3, -0.25) is 0 Å². The molecule has 0 aromatic carbocycles. The molecule has 19 heavy (non-hydrogen) atoms. The van der Waals surface area contributed by atoms with E-state index in [0.717, 1.165) is 12.0 Å². The zero-order valence-electron chi connectivity index (χ0n) is 12.3. The first kappa shape index (κ1) is 15.5. The van der Waals surface area contributed by atoms with Crippen LogP contribution in [0.25, 0.3) is 0 Å². The molecule has 1 rings (SSSR count). The van der Waals surface area contributed by atoms with Gasteiger partial charge in [0.15, 0.2) is 0 Å². The molecule has 0 saturated carbocycles. The van der Waals surface area contributed by atoms with E-state index in [1.807, 2.05) is 20.8 Å². The number of rotatable bonds is 4. The quantitative estimate of drug-likeness (QED) is 0.796. The first-order valence-electron chi connectivity index (χ1n) is 6.54. The first-order chi connectivity index (χ1) is 8.67. The fourth-order valence-electron chi connectivity index (χ4n) is 1.81. The smallest absolute Gasteiger partial charge is 0.408 e. The molecular formula is C14H23NO4. The molecule has 108 valence electrons. The Bertz CT molecular complexity index is 379. The number of esters is 1. The topological polar surface area (TPSA) is 64.6 Å². The van der Waals surface area contributed by atoms with E-state index < -0.39 is 11.7 Å². The summed E-state index contributed by atoms with van der Waals surface area (Å²) in [4.78, 5) is 22.9. The minimum atomic E-state index is -0.539. The first-order valence-corrected chi connectivity index (χ1v) is 6.54. The van der Waals surface area contributed by atoms with Gasteiger partial charge in [-0.25, -0.2) is 9.59 Å². The molecule has 0 bridgehead atoms. The molecule has 0 unspecified atom stereocenters. The molecule has 5 heteroatoms. The van der Waals surface area contributed by atoms with E-state index in [4.69, 9.17) is 9.47 Å². The van der Waals surface area contributed by atoms with E-state index in [1.165, 1.54) is 6.08 Å². The number of cyclic esters (lactones) is 1. The Morgan fingerprint density at radius 2 is 2.11 bits per heavy atom. The van der Waals surface area contributed by atoms with Gasteiger partial charge < -0.3 is 14.8 Å². The van der Waals surface area contributed by atoms with Crippen LogP contribution < -0.4 is 5.32 Å². The summed E-state index contributed by atoms with van der Waals surface area (Å²) in [7, 11) is 0. The summed E-state index contributed by atoms with van der Waals surface area (Å²) in [5.41, 5.74) is 0.257. The van der Waals surface area contributed by atoms with Crippen molar-refractivity contribution in [1.29, 1.82) is 0 Å². The number of carbonyl (C=O) groups is 2. The second-order valence-electron chi connectivity index (χ2n) is 6.16. The van der Waals surface area contributed by atoms with Gasteiger partial charge in [-0.05, 0) is 38.7 Å². The number of hydrogen-bond acceptors (Lipinski definition) is 4. The molecule has 0 aliphatic carbocycles. The molecule has 0 aromatic heterocycles. The fraction of sp³-hybridized carbons (Fsp3) is 0.714. The summed E-state index contributed by atoms with van der Waals surface area (Å²) in [5, 5.41) is 2.81. The van der Waals surface area contributed by atoms with E-state index in [2.05, 4.69) is 19.2 Å². The van der Waals surface area contributed by atoms with Crippen molar-refractivity contribution in [3.8, 4) is 0 Å². The van der Waals surface area contributed by atoms with Gasteiger partial charge in [0.05, 0.1) is 6.04 Å². The molecule has 1 aliphatic heterocycles. The largest absolute Gasteiger partial charge is 0.458 e. The Hall–Kier alpha value is -1.52. The Morgan fingerprint density at radius 1 is 1.47 bits per heavy atom. The van der Waals surface area contributed by atoms with Crippen LogP contribution in [0.5, 0.6) is 0 Å². The van der Waals surface area contributed by atoms with E-state index in [-0.39, 0.29) is 18.6 Å². The molecule has 1 heterocycles. The van der Waals surface area contributed by atoms with Gasteiger partial charge in [0.2, 0.25) is 0 Å². The highest BCUT2D eigenvalue weighted by molar-refractivity contribution is 5.85. The SMILES string of the molecule is CC(C)C[C@H](NC(=O)OC(C)(C)C)C1=CC(=O)OC1. The van der Waals surface area contributed by atoms with Crippen LogP contribution in [0.15, 0.2) is 11.6 Å². The molecule has 1 amide bonds. The zero-order chi connectivity index (χ0) is 14.6. The van der Waals surface area contributed by atoms with E-state index in [1.54, 1.807) is 0 Å². The molecule has 0 aromatic rings. The van der Waals surface area contributed by atoms with E-state index in [0.29, 0.717) is 5.92 Å². The molecule has 1 aliphatic rings. The highest BCUT2D eigenvalue weighted by Crippen LogP contribution is 2.18. The van der Waals surface area contributed by atoms with Crippen molar-refractivity contribution in [1.82, 2.24) is 5.32 Å². The minimum absolute atomic E-state index is 0.221. The van der Waals surface area contributed by atoms with Crippen LogP contribution in [0.1, 0.15) is 41.0 Å². The van der Waals surface area contributed by atoms with Gasteiger partial charge in [-0.15, -0.1) is 0 Å². The molecule has 1 N–H and O–H groups in total. The monoisotopic (exact) mass is 269 g/mol. The maximum absolute atomic E-state index is 11.8. The third kappa shape index (κ3) is 5.77. The Labute approximate surface area is 114 Å². The summed E-state index contributed by atoms with van der Waals surface area (Å²) in [6, 6.07) is -0.221. The number of alkyl carbamates (subject to hydrolysis) is 1. The van der Waals surface area contributed by atoms with Crippen molar-refractivity contribution in [2.75, 3.05) is 6.61 Å². The Balaban J connectivity index is 2.67. The van der Waals surface area contributed by atoms with Crippen LogP contribution in [0.2, 0.25) is 0 Å². The van der Waals surface area contributed by atoms with Crippen molar-refractivity contribution in [2.24, 2.45) is 5.92 Å². The second-order valence-corrected chi connectivity index (χ2v) is 6.16. The van der Waals surface area contributed by atoms with Gasteiger partial charge in [0, 0.05) is 6.08 Å². The lowest BCUT2D eigenvalue weighted by molar-refractivity contribution is -0.134. The van der Waals surface area contributed by atoms with Gasteiger partial charge in [-0.1, -0.05) is 13.8 Å². The number of nitrogens with one attached hydrogen (secondary N) is 1. The lowest BCUT2D eigenvalue weighted by Gasteiger charge is -2.25. The number of ether oxygens (including phenoxy) is 2. The molecule has 5 nitrogen and oxygen atoms in total. The summed E-state index contributed by atoms with van der Waals surface area (Å²) < 4.78 is 10.1. The third-order valence-corrected chi connectivity index (χ3v) is 2.53. The lowest BCUT2D eigenvalue weighted by Crippen LogP contribution is -2.41. The molecule has 0 saturated heterocycles. The maximum Gasteiger partial charge on any atom is 0.408 e. The van der Waals surface area contributed by atoms with Crippen LogP contribution in [-0.2, 0) is 14.3 Å². The average Bonchev–Trinajstić information content (AvgIpc) is 2.60. The number of hydrogen-bond donors (Lipinski definition) is 1. The van der Waals surface area contributed by atoms with Gasteiger partial charge in [-0.2, -0.15) is 0 Å². The summed E-state index contributed by atoms with van der Waals surface area (Å²) in [6.45, 7) is 9.79.